The fourth-order valence-electron chi connectivity index (χ4n) is 3.46. The van der Waals surface area contributed by atoms with Crippen molar-refractivity contribution in [3.63, 3.8) is 0 Å². The Labute approximate surface area is 207 Å². The van der Waals surface area contributed by atoms with Gasteiger partial charge in [-0.3, -0.25) is 0 Å². The second kappa shape index (κ2) is 10.6. The minimum Gasteiger partial charge on any atom is -0.497 e. The van der Waals surface area contributed by atoms with Crippen molar-refractivity contribution in [3.05, 3.63) is 83.1 Å². The molecular formula is C27H23NO8. The van der Waals surface area contributed by atoms with Crippen LogP contribution in [0.5, 0.6) is 28.7 Å². The molecule has 0 radical (unpaired) electrons. The number of hydrogen-bond donors (Lipinski definition) is 0. The van der Waals surface area contributed by atoms with Crippen LogP contribution in [-0.4, -0.2) is 46.3 Å². The monoisotopic (exact) mass is 489 g/mol. The van der Waals surface area contributed by atoms with Gasteiger partial charge >= 0.3 is 11.9 Å². The van der Waals surface area contributed by atoms with E-state index in [2.05, 4.69) is 4.99 Å². The van der Waals surface area contributed by atoms with Gasteiger partial charge in [-0.05, 0) is 48.5 Å². The van der Waals surface area contributed by atoms with Crippen LogP contribution in [0.3, 0.4) is 0 Å². The van der Waals surface area contributed by atoms with E-state index in [4.69, 9.17) is 28.4 Å². The van der Waals surface area contributed by atoms with E-state index in [-0.39, 0.29) is 17.3 Å². The molecule has 0 saturated heterocycles. The number of nitrogens with zero attached hydrogens (tertiary/aromatic N) is 1. The maximum absolute atomic E-state index is 12.6. The van der Waals surface area contributed by atoms with Crippen molar-refractivity contribution in [2.45, 2.75) is 0 Å². The quantitative estimate of drug-likeness (QED) is 0.262. The Kier molecular flexibility index (Phi) is 7.20. The number of hydrogen-bond acceptors (Lipinski definition) is 9. The fraction of sp³-hybridized carbons (Fsp3) is 0.148. The van der Waals surface area contributed by atoms with Crippen LogP contribution in [0.2, 0.25) is 0 Å². The summed E-state index contributed by atoms with van der Waals surface area (Å²) in [5, 5.41) is 0. The number of methoxy groups -OCH3 is 4. The summed E-state index contributed by atoms with van der Waals surface area (Å²) in [7, 11) is 6.01. The number of carbonyl (C=O) groups is 2. The summed E-state index contributed by atoms with van der Waals surface area (Å²) < 4.78 is 32.1. The fourth-order valence-corrected chi connectivity index (χ4v) is 3.46. The zero-order valence-electron chi connectivity index (χ0n) is 20.1. The molecule has 3 aromatic rings. The van der Waals surface area contributed by atoms with Gasteiger partial charge in [-0.1, -0.05) is 18.2 Å². The molecule has 1 aliphatic heterocycles. The largest absolute Gasteiger partial charge is 0.497 e. The van der Waals surface area contributed by atoms with Crippen LogP contribution in [0.4, 0.5) is 0 Å². The average molecular weight is 489 g/mol. The second-order valence-electron chi connectivity index (χ2n) is 7.41. The van der Waals surface area contributed by atoms with Crippen molar-refractivity contribution < 1.29 is 38.0 Å². The Morgan fingerprint density at radius 3 is 2.11 bits per heavy atom. The lowest BCUT2D eigenvalue weighted by Gasteiger charge is -2.13. The normalized spacial score (nSPS) is 13.6. The topological polar surface area (TPSA) is 102 Å². The van der Waals surface area contributed by atoms with Gasteiger partial charge in [0.25, 0.3) is 0 Å². The summed E-state index contributed by atoms with van der Waals surface area (Å²) >= 11 is 0. The third-order valence-electron chi connectivity index (χ3n) is 5.27. The van der Waals surface area contributed by atoms with Gasteiger partial charge in [0.15, 0.2) is 17.2 Å². The maximum atomic E-state index is 12.6. The van der Waals surface area contributed by atoms with Crippen LogP contribution in [-0.2, 0) is 9.53 Å². The number of rotatable bonds is 8. The Morgan fingerprint density at radius 1 is 0.833 bits per heavy atom. The SMILES string of the molecule is COc1ccc(C(=O)Oc2ccccc2/C=C2/N=C(c3cc(OC)c(OC)c(OC)c3)OC2=O)cc1. The van der Waals surface area contributed by atoms with Crippen molar-refractivity contribution in [1.82, 2.24) is 0 Å². The van der Waals surface area contributed by atoms with Crippen LogP contribution in [0.1, 0.15) is 21.5 Å². The third-order valence-corrected chi connectivity index (χ3v) is 5.27. The lowest BCUT2D eigenvalue weighted by atomic mass is 10.1. The first-order chi connectivity index (χ1) is 17.5. The van der Waals surface area contributed by atoms with E-state index in [0.717, 1.165) is 0 Å². The number of benzene rings is 3. The molecule has 1 heterocycles. The van der Waals surface area contributed by atoms with Gasteiger partial charge in [0.05, 0.1) is 34.0 Å². The van der Waals surface area contributed by atoms with E-state index in [0.29, 0.717) is 39.7 Å². The molecule has 0 spiro atoms. The molecule has 4 rings (SSSR count). The molecule has 0 saturated carbocycles. The molecule has 0 unspecified atom stereocenters. The highest BCUT2D eigenvalue weighted by Crippen LogP contribution is 2.39. The van der Waals surface area contributed by atoms with Gasteiger partial charge < -0.3 is 28.4 Å². The Hall–Kier alpha value is -4.79. The van der Waals surface area contributed by atoms with Crippen molar-refractivity contribution in [2.24, 2.45) is 4.99 Å². The number of carbonyl (C=O) groups excluding carboxylic acids is 2. The number of cyclic esters (lactones) is 1. The summed E-state index contributed by atoms with van der Waals surface area (Å²) in [5.41, 5.74) is 1.31. The standard InChI is InChI=1S/C27H23NO8/c1-31-19-11-9-16(10-12-19)26(29)35-21-8-6-5-7-17(21)13-20-27(30)36-25(28-20)18-14-22(32-2)24(34-4)23(15-18)33-3/h5-15H,1-4H3/b20-13+. The van der Waals surface area contributed by atoms with Crippen molar-refractivity contribution in [1.29, 1.82) is 0 Å². The summed E-state index contributed by atoms with van der Waals surface area (Å²) in [6.45, 7) is 0. The Balaban J connectivity index is 1.63. The van der Waals surface area contributed by atoms with Gasteiger partial charge in [0, 0.05) is 11.1 Å². The van der Waals surface area contributed by atoms with E-state index < -0.39 is 11.9 Å². The number of esters is 2. The summed E-state index contributed by atoms with van der Waals surface area (Å²) in [6, 6.07) is 16.6. The minimum atomic E-state index is -0.657. The van der Waals surface area contributed by atoms with Gasteiger partial charge in [-0.2, -0.15) is 0 Å². The van der Waals surface area contributed by atoms with Crippen LogP contribution in [0.25, 0.3) is 6.08 Å². The highest BCUT2D eigenvalue weighted by Gasteiger charge is 2.27. The van der Waals surface area contributed by atoms with Crippen molar-refractivity contribution in [2.75, 3.05) is 28.4 Å². The third kappa shape index (κ3) is 5.00. The molecule has 1 aliphatic rings. The molecule has 0 atom stereocenters. The van der Waals surface area contributed by atoms with Crippen LogP contribution >= 0.6 is 0 Å². The molecule has 184 valence electrons. The van der Waals surface area contributed by atoms with E-state index in [1.807, 2.05) is 0 Å². The van der Waals surface area contributed by atoms with E-state index >= 15 is 0 Å². The predicted octanol–water partition coefficient (Wildman–Crippen LogP) is 4.28. The highest BCUT2D eigenvalue weighted by atomic mass is 16.6. The van der Waals surface area contributed by atoms with Crippen LogP contribution in [0, 0.1) is 0 Å². The molecule has 0 amide bonds. The molecule has 0 aromatic heterocycles. The summed E-state index contributed by atoms with van der Waals surface area (Å²) in [6.07, 6.45) is 1.49. The first-order valence-electron chi connectivity index (χ1n) is 10.8. The van der Waals surface area contributed by atoms with Crippen molar-refractivity contribution >= 4 is 23.9 Å². The molecule has 0 bridgehead atoms. The molecule has 0 fully saturated rings. The highest BCUT2D eigenvalue weighted by molar-refractivity contribution is 6.13. The molecule has 36 heavy (non-hydrogen) atoms. The average Bonchev–Trinajstić information content (AvgIpc) is 3.28. The molecular weight excluding hydrogens is 466 g/mol. The van der Waals surface area contributed by atoms with E-state index in [9.17, 15) is 9.59 Å². The zero-order valence-corrected chi connectivity index (χ0v) is 20.1. The first kappa shape index (κ1) is 24.3. The summed E-state index contributed by atoms with van der Waals surface area (Å²) in [5.74, 6) is 0.911. The molecule has 9 nitrogen and oxygen atoms in total. The number of para-hydroxylation sites is 1. The zero-order chi connectivity index (χ0) is 25.7. The molecule has 0 N–H and O–H groups in total. The van der Waals surface area contributed by atoms with Crippen LogP contribution < -0.4 is 23.7 Å². The number of aliphatic imine (C=N–C) groups is 1. The molecule has 3 aromatic carbocycles. The van der Waals surface area contributed by atoms with Crippen LogP contribution in [0.15, 0.2) is 71.4 Å². The minimum absolute atomic E-state index is 0.0340. The lowest BCUT2D eigenvalue weighted by Crippen LogP contribution is -2.09. The smallest absolute Gasteiger partial charge is 0.363 e. The Morgan fingerprint density at radius 2 is 1.50 bits per heavy atom. The van der Waals surface area contributed by atoms with Gasteiger partial charge in [-0.25, -0.2) is 14.6 Å². The molecule has 9 heteroatoms. The van der Waals surface area contributed by atoms with Gasteiger partial charge in [0.2, 0.25) is 11.6 Å². The first-order valence-corrected chi connectivity index (χ1v) is 10.8. The predicted molar refractivity (Wildman–Crippen MR) is 131 cm³/mol. The lowest BCUT2D eigenvalue weighted by molar-refractivity contribution is -0.129. The Bertz CT molecular complexity index is 1330. The van der Waals surface area contributed by atoms with E-state index in [1.54, 1.807) is 67.8 Å². The number of ether oxygens (including phenoxy) is 6. The second-order valence-corrected chi connectivity index (χ2v) is 7.41. The van der Waals surface area contributed by atoms with E-state index in [1.165, 1.54) is 27.4 Å². The van der Waals surface area contributed by atoms with Crippen molar-refractivity contribution in [3.8, 4) is 28.7 Å². The molecule has 0 aliphatic carbocycles. The maximum Gasteiger partial charge on any atom is 0.363 e. The van der Waals surface area contributed by atoms with Gasteiger partial charge in [0.1, 0.15) is 11.5 Å². The summed E-state index contributed by atoms with van der Waals surface area (Å²) in [4.78, 5) is 29.6. The van der Waals surface area contributed by atoms with Gasteiger partial charge in [-0.15, -0.1) is 0 Å².